The van der Waals surface area contributed by atoms with Crippen molar-refractivity contribution in [3.05, 3.63) is 107 Å². The Bertz CT molecular complexity index is 1260. The van der Waals surface area contributed by atoms with Gasteiger partial charge in [0.15, 0.2) is 0 Å². The predicted octanol–water partition coefficient (Wildman–Crippen LogP) is 5.50. The average Bonchev–Trinajstić information content (AvgIpc) is 2.88. The van der Waals surface area contributed by atoms with Crippen LogP contribution in [0.1, 0.15) is 36.7 Å². The van der Waals surface area contributed by atoms with E-state index in [2.05, 4.69) is 39.2 Å². The van der Waals surface area contributed by atoms with Crippen molar-refractivity contribution in [3.63, 3.8) is 0 Å². The number of rotatable bonds is 10. The summed E-state index contributed by atoms with van der Waals surface area (Å²) >= 11 is -0.0364. The van der Waals surface area contributed by atoms with Crippen molar-refractivity contribution in [2.45, 2.75) is 50.9 Å². The van der Waals surface area contributed by atoms with Crippen molar-refractivity contribution in [3.8, 4) is 5.75 Å². The van der Waals surface area contributed by atoms with E-state index in [9.17, 15) is 9.59 Å². The van der Waals surface area contributed by atoms with Crippen LogP contribution >= 0.6 is 0 Å². The molecule has 0 fully saturated rings. The normalized spacial score (nSPS) is 13.5. The van der Waals surface area contributed by atoms with Crippen LogP contribution in [0.15, 0.2) is 96.0 Å². The SMILES string of the molecule is COC(=O)[C@](/C=C/[Se]c1ccccc1)(Cc1cccc(O[Si](C)(C)C(C)(C)C)c1)NC(=O)c1ccccc1. The zero-order valence-electron chi connectivity index (χ0n) is 23.0. The number of hydrogen-bond donors (Lipinski definition) is 1. The molecule has 7 heteroatoms. The van der Waals surface area contributed by atoms with Gasteiger partial charge in [-0.1, -0.05) is 0 Å². The van der Waals surface area contributed by atoms with Gasteiger partial charge >= 0.3 is 235 Å². The molecule has 1 atom stereocenters. The molecule has 0 saturated heterocycles. The van der Waals surface area contributed by atoms with E-state index < -0.39 is 19.8 Å². The third-order valence-electron chi connectivity index (χ3n) is 6.78. The first-order valence-corrected chi connectivity index (χ1v) is 17.3. The molecule has 0 radical (unpaired) electrons. The van der Waals surface area contributed by atoms with Crippen LogP contribution in [0.25, 0.3) is 0 Å². The molecule has 0 aliphatic carbocycles. The summed E-state index contributed by atoms with van der Waals surface area (Å²) in [5.74, 6) is -0.112. The Morgan fingerprint density at radius 2 is 1.55 bits per heavy atom. The van der Waals surface area contributed by atoms with Crippen molar-refractivity contribution < 1.29 is 18.8 Å². The molecule has 0 aromatic heterocycles. The minimum atomic E-state index is -2.06. The second-order valence-electron chi connectivity index (χ2n) is 10.7. The molecule has 0 bridgehead atoms. The maximum absolute atomic E-state index is 13.4. The van der Waals surface area contributed by atoms with Crippen LogP contribution in [-0.2, 0) is 16.0 Å². The van der Waals surface area contributed by atoms with E-state index in [-0.39, 0.29) is 32.3 Å². The molecular weight excluding hydrogens is 557 g/mol. The van der Waals surface area contributed by atoms with Crippen LogP contribution in [-0.4, -0.2) is 47.8 Å². The number of benzene rings is 3. The minimum absolute atomic E-state index is 0.0364. The molecule has 0 spiro atoms. The first kappa shape index (κ1) is 29.4. The van der Waals surface area contributed by atoms with Gasteiger partial charge in [-0.3, -0.25) is 0 Å². The quantitative estimate of drug-likeness (QED) is 0.249. The summed E-state index contributed by atoms with van der Waals surface area (Å²) in [6.07, 6.45) is 2.00. The van der Waals surface area contributed by atoms with Crippen LogP contribution in [0, 0.1) is 0 Å². The van der Waals surface area contributed by atoms with Crippen molar-refractivity contribution >= 4 is 39.6 Å². The van der Waals surface area contributed by atoms with Gasteiger partial charge in [-0.15, -0.1) is 0 Å². The van der Waals surface area contributed by atoms with Gasteiger partial charge in [-0.25, -0.2) is 0 Å². The van der Waals surface area contributed by atoms with E-state index in [1.807, 2.05) is 65.6 Å². The molecule has 0 heterocycles. The molecule has 0 aliphatic rings. The van der Waals surface area contributed by atoms with E-state index in [4.69, 9.17) is 9.16 Å². The van der Waals surface area contributed by atoms with Gasteiger partial charge in [0.05, 0.1) is 0 Å². The van der Waals surface area contributed by atoms with E-state index in [1.165, 1.54) is 7.11 Å². The average molecular weight is 595 g/mol. The van der Waals surface area contributed by atoms with Gasteiger partial charge in [0.2, 0.25) is 0 Å². The van der Waals surface area contributed by atoms with Crippen molar-refractivity contribution in [1.29, 1.82) is 0 Å². The number of hydrogen-bond acceptors (Lipinski definition) is 4. The van der Waals surface area contributed by atoms with Crippen molar-refractivity contribution in [2.24, 2.45) is 0 Å². The van der Waals surface area contributed by atoms with E-state index in [0.717, 1.165) is 15.8 Å². The summed E-state index contributed by atoms with van der Waals surface area (Å²) in [7, 11) is -0.711. The van der Waals surface area contributed by atoms with Gasteiger partial charge in [-0.05, 0) is 0 Å². The second-order valence-corrected chi connectivity index (χ2v) is 17.5. The zero-order chi connectivity index (χ0) is 27.8. The van der Waals surface area contributed by atoms with Gasteiger partial charge in [-0.2, -0.15) is 0 Å². The van der Waals surface area contributed by atoms with Crippen molar-refractivity contribution in [2.75, 3.05) is 7.11 Å². The molecule has 0 saturated carbocycles. The van der Waals surface area contributed by atoms with Crippen LogP contribution in [0.5, 0.6) is 5.75 Å². The maximum atomic E-state index is 13.4. The van der Waals surface area contributed by atoms with Crippen LogP contribution in [0.3, 0.4) is 0 Å². The molecular formula is C31H37NO4SeSi. The van der Waals surface area contributed by atoms with Crippen molar-refractivity contribution in [1.82, 2.24) is 5.32 Å². The Morgan fingerprint density at radius 1 is 0.921 bits per heavy atom. The summed E-state index contributed by atoms with van der Waals surface area (Å²) < 4.78 is 12.9. The monoisotopic (exact) mass is 595 g/mol. The van der Waals surface area contributed by atoms with Gasteiger partial charge in [0.25, 0.3) is 0 Å². The molecule has 3 rings (SSSR count). The number of carbonyl (C=O) groups excluding carboxylic acids is 2. The van der Waals surface area contributed by atoms with Gasteiger partial charge in [0.1, 0.15) is 0 Å². The predicted molar refractivity (Wildman–Crippen MR) is 158 cm³/mol. The van der Waals surface area contributed by atoms with E-state index >= 15 is 0 Å². The number of amides is 1. The Hall–Kier alpha value is -3.12. The first-order chi connectivity index (χ1) is 18.0. The van der Waals surface area contributed by atoms with Crippen LogP contribution in [0.4, 0.5) is 0 Å². The fraction of sp³-hybridized carbons (Fsp3) is 0.290. The fourth-order valence-corrected chi connectivity index (χ4v) is 6.24. The number of nitrogens with one attached hydrogen (secondary N) is 1. The molecule has 1 amide bonds. The Labute approximate surface area is 233 Å². The summed E-state index contributed by atoms with van der Waals surface area (Å²) in [5.41, 5.74) is -0.0667. The number of carbonyl (C=O) groups is 2. The first-order valence-electron chi connectivity index (χ1n) is 12.6. The van der Waals surface area contributed by atoms with E-state index in [1.54, 1.807) is 30.3 Å². The summed E-state index contributed by atoms with van der Waals surface area (Å²) in [5, 5.41) is 3.05. The fourth-order valence-electron chi connectivity index (χ4n) is 3.60. The third kappa shape index (κ3) is 7.70. The van der Waals surface area contributed by atoms with Gasteiger partial charge in [0, 0.05) is 0 Å². The Morgan fingerprint density at radius 3 is 2.16 bits per heavy atom. The topological polar surface area (TPSA) is 64.6 Å². The molecule has 200 valence electrons. The summed E-state index contributed by atoms with van der Waals surface area (Å²) in [4.78, 5) is 28.7. The molecule has 5 nitrogen and oxygen atoms in total. The Kier molecular flexibility index (Phi) is 9.77. The number of methoxy groups -OCH3 is 1. The molecule has 0 unspecified atom stereocenters. The second kappa shape index (κ2) is 12.6. The van der Waals surface area contributed by atoms with Crippen LogP contribution < -0.4 is 14.2 Å². The summed E-state index contributed by atoms with van der Waals surface area (Å²) in [6.45, 7) is 11.0. The van der Waals surface area contributed by atoms with E-state index in [0.29, 0.717) is 5.56 Å². The molecule has 38 heavy (non-hydrogen) atoms. The standard InChI is InChI=1S/C31H37NO4SeSi/c1-30(2,3)38(5,6)36-26-17-13-14-24(22-26)23-31(29(34)35-4,20-21-37-27-18-11-8-12-19-27)32-28(33)25-15-9-7-10-16-25/h7-22H,23H2,1-6H3,(H,32,33)/b21-20+/t31-/m0/s1. The number of ether oxygens (including phenoxy) is 1. The molecule has 0 aliphatic heterocycles. The molecule has 3 aromatic rings. The molecule has 1 N–H and O–H groups in total. The Balaban J connectivity index is 1.99. The van der Waals surface area contributed by atoms with Crippen LogP contribution in [0.2, 0.25) is 18.1 Å². The summed E-state index contributed by atoms with van der Waals surface area (Å²) in [6, 6.07) is 26.7. The molecule has 3 aromatic carbocycles. The third-order valence-corrected chi connectivity index (χ3v) is 12.9. The number of esters is 1. The zero-order valence-corrected chi connectivity index (χ0v) is 25.7. The van der Waals surface area contributed by atoms with Gasteiger partial charge < -0.3 is 0 Å².